The van der Waals surface area contributed by atoms with Crippen molar-refractivity contribution < 1.29 is 4.79 Å². The topological polar surface area (TPSA) is 20.3 Å². The highest BCUT2D eigenvalue weighted by molar-refractivity contribution is 6.43. The van der Waals surface area contributed by atoms with E-state index in [9.17, 15) is 4.79 Å². The van der Waals surface area contributed by atoms with Crippen LogP contribution in [0.25, 0.3) is 0 Å². The van der Waals surface area contributed by atoms with Crippen molar-refractivity contribution in [1.29, 1.82) is 0 Å². The van der Waals surface area contributed by atoms with Crippen molar-refractivity contribution in [2.24, 2.45) is 11.8 Å². The van der Waals surface area contributed by atoms with Crippen LogP contribution in [0.3, 0.4) is 0 Å². The number of amides is 1. The van der Waals surface area contributed by atoms with Crippen LogP contribution in [-0.4, -0.2) is 23.9 Å². The zero-order chi connectivity index (χ0) is 13.3. The molecule has 1 saturated heterocycles. The van der Waals surface area contributed by atoms with Gasteiger partial charge < -0.3 is 4.90 Å². The summed E-state index contributed by atoms with van der Waals surface area (Å²) in [4.78, 5) is 14.3. The molecule has 0 unspecified atom stereocenters. The monoisotopic (exact) mass is 285 g/mol. The molecule has 0 aliphatic carbocycles. The molecule has 1 amide bonds. The van der Waals surface area contributed by atoms with Crippen molar-refractivity contribution >= 4 is 29.1 Å². The summed E-state index contributed by atoms with van der Waals surface area (Å²) in [6, 6.07) is 5.20. The molecule has 1 aliphatic heterocycles. The van der Waals surface area contributed by atoms with E-state index in [4.69, 9.17) is 23.2 Å². The summed E-state index contributed by atoms with van der Waals surface area (Å²) >= 11 is 12.1. The van der Waals surface area contributed by atoms with Crippen molar-refractivity contribution in [2.75, 3.05) is 13.1 Å². The minimum absolute atomic E-state index is 0.0131. The number of carbonyl (C=O) groups is 1. The molecule has 18 heavy (non-hydrogen) atoms. The average Bonchev–Trinajstić information content (AvgIpc) is 2.30. The van der Waals surface area contributed by atoms with Crippen LogP contribution in [0.1, 0.15) is 30.6 Å². The van der Waals surface area contributed by atoms with Crippen molar-refractivity contribution in [3.8, 4) is 0 Å². The summed E-state index contributed by atoms with van der Waals surface area (Å²) in [5.74, 6) is 1.06. The Hall–Kier alpha value is -0.730. The average molecular weight is 286 g/mol. The van der Waals surface area contributed by atoms with Gasteiger partial charge >= 0.3 is 0 Å². The highest BCUT2D eigenvalue weighted by atomic mass is 35.5. The first kappa shape index (κ1) is 13.7. The number of hydrogen-bond acceptors (Lipinski definition) is 1. The Bertz CT molecular complexity index is 451. The first-order valence-electron chi connectivity index (χ1n) is 6.22. The Labute approximate surface area is 118 Å². The van der Waals surface area contributed by atoms with E-state index in [0.717, 1.165) is 13.1 Å². The number of likely N-dealkylation sites (tertiary alicyclic amines) is 1. The lowest BCUT2D eigenvalue weighted by atomic mass is 9.91. The summed E-state index contributed by atoms with van der Waals surface area (Å²) in [7, 11) is 0. The summed E-state index contributed by atoms with van der Waals surface area (Å²) in [5.41, 5.74) is 0.505. The summed E-state index contributed by atoms with van der Waals surface area (Å²) < 4.78 is 0. The lowest BCUT2D eigenvalue weighted by Gasteiger charge is -2.35. The quantitative estimate of drug-likeness (QED) is 0.760. The lowest BCUT2D eigenvalue weighted by Crippen LogP contribution is -2.42. The molecule has 0 bridgehead atoms. The van der Waals surface area contributed by atoms with Gasteiger partial charge in [0.05, 0.1) is 15.6 Å². The van der Waals surface area contributed by atoms with Gasteiger partial charge in [-0.1, -0.05) is 43.1 Å². The second-order valence-corrected chi connectivity index (χ2v) is 6.04. The maximum atomic E-state index is 12.4. The SMILES string of the molecule is C[C@@H]1C[C@@H](C)CN(C(=O)c2cccc(Cl)c2Cl)C1. The minimum Gasteiger partial charge on any atom is -0.338 e. The van der Waals surface area contributed by atoms with Gasteiger partial charge in [-0.2, -0.15) is 0 Å². The molecular formula is C14H17Cl2NO. The Kier molecular flexibility index (Phi) is 4.18. The van der Waals surface area contributed by atoms with Crippen LogP contribution in [0.4, 0.5) is 0 Å². The van der Waals surface area contributed by atoms with Gasteiger partial charge in [0.25, 0.3) is 5.91 Å². The van der Waals surface area contributed by atoms with Gasteiger partial charge in [-0.25, -0.2) is 0 Å². The van der Waals surface area contributed by atoms with Crippen LogP contribution in [0.2, 0.25) is 10.0 Å². The van der Waals surface area contributed by atoms with E-state index in [1.165, 1.54) is 6.42 Å². The zero-order valence-electron chi connectivity index (χ0n) is 10.6. The molecule has 0 aromatic heterocycles. The summed E-state index contributed by atoms with van der Waals surface area (Å²) in [6.07, 6.45) is 1.17. The van der Waals surface area contributed by atoms with E-state index < -0.39 is 0 Å². The van der Waals surface area contributed by atoms with Crippen molar-refractivity contribution in [1.82, 2.24) is 4.90 Å². The molecule has 98 valence electrons. The minimum atomic E-state index is -0.0131. The number of halogens is 2. The Morgan fingerprint density at radius 2 is 1.83 bits per heavy atom. The highest BCUT2D eigenvalue weighted by Gasteiger charge is 2.27. The smallest absolute Gasteiger partial charge is 0.255 e. The molecule has 0 spiro atoms. The Morgan fingerprint density at radius 1 is 1.22 bits per heavy atom. The molecule has 1 aromatic rings. The zero-order valence-corrected chi connectivity index (χ0v) is 12.1. The second kappa shape index (κ2) is 5.50. The van der Waals surface area contributed by atoms with Crippen molar-refractivity contribution in [3.63, 3.8) is 0 Å². The van der Waals surface area contributed by atoms with Gasteiger partial charge in [-0.3, -0.25) is 4.79 Å². The van der Waals surface area contributed by atoms with Crippen LogP contribution in [0.15, 0.2) is 18.2 Å². The van der Waals surface area contributed by atoms with Gasteiger partial charge in [-0.15, -0.1) is 0 Å². The van der Waals surface area contributed by atoms with E-state index in [1.54, 1.807) is 18.2 Å². The van der Waals surface area contributed by atoms with E-state index in [0.29, 0.717) is 27.4 Å². The number of carbonyl (C=O) groups excluding carboxylic acids is 1. The maximum Gasteiger partial charge on any atom is 0.255 e. The number of piperidine rings is 1. The van der Waals surface area contributed by atoms with Gasteiger partial charge in [0.1, 0.15) is 0 Å². The van der Waals surface area contributed by atoms with Crippen LogP contribution in [0.5, 0.6) is 0 Å². The molecule has 0 radical (unpaired) electrons. The van der Waals surface area contributed by atoms with E-state index in [1.807, 2.05) is 4.90 Å². The number of nitrogens with zero attached hydrogens (tertiary/aromatic N) is 1. The van der Waals surface area contributed by atoms with Gasteiger partial charge in [0, 0.05) is 13.1 Å². The fourth-order valence-electron chi connectivity index (χ4n) is 2.67. The predicted octanol–water partition coefficient (Wildman–Crippen LogP) is 4.11. The third-order valence-corrected chi connectivity index (χ3v) is 4.16. The van der Waals surface area contributed by atoms with E-state index in [-0.39, 0.29) is 5.91 Å². The number of benzene rings is 1. The molecule has 2 nitrogen and oxygen atoms in total. The molecular weight excluding hydrogens is 269 g/mol. The first-order chi connectivity index (χ1) is 8.49. The first-order valence-corrected chi connectivity index (χ1v) is 6.98. The Balaban J connectivity index is 2.23. The normalized spacial score (nSPS) is 24.1. The summed E-state index contributed by atoms with van der Waals surface area (Å²) in [5, 5.41) is 0.788. The molecule has 1 aromatic carbocycles. The van der Waals surface area contributed by atoms with Crippen LogP contribution in [0, 0.1) is 11.8 Å². The summed E-state index contributed by atoms with van der Waals surface area (Å²) in [6.45, 7) is 5.95. The van der Waals surface area contributed by atoms with Crippen LogP contribution >= 0.6 is 23.2 Å². The standard InChI is InChI=1S/C14H17Cl2NO/c1-9-6-10(2)8-17(7-9)14(18)11-4-3-5-12(15)13(11)16/h3-5,9-10H,6-8H2,1-2H3/t9-,10-/m1/s1. The van der Waals surface area contributed by atoms with E-state index in [2.05, 4.69) is 13.8 Å². The fourth-order valence-corrected chi connectivity index (χ4v) is 3.05. The highest BCUT2D eigenvalue weighted by Crippen LogP contribution is 2.28. The second-order valence-electron chi connectivity index (χ2n) is 5.26. The number of rotatable bonds is 1. The molecule has 1 fully saturated rings. The van der Waals surface area contributed by atoms with Gasteiger partial charge in [0.15, 0.2) is 0 Å². The molecule has 4 heteroatoms. The predicted molar refractivity (Wildman–Crippen MR) is 75.3 cm³/mol. The number of hydrogen-bond donors (Lipinski definition) is 0. The maximum absolute atomic E-state index is 12.4. The van der Waals surface area contributed by atoms with Gasteiger partial charge in [0.2, 0.25) is 0 Å². The van der Waals surface area contributed by atoms with Gasteiger partial charge in [-0.05, 0) is 30.4 Å². The molecule has 1 aliphatic rings. The lowest BCUT2D eigenvalue weighted by molar-refractivity contribution is 0.0623. The van der Waals surface area contributed by atoms with Crippen molar-refractivity contribution in [2.45, 2.75) is 20.3 Å². The molecule has 2 atom stereocenters. The third-order valence-electron chi connectivity index (χ3n) is 3.34. The van der Waals surface area contributed by atoms with Crippen LogP contribution < -0.4 is 0 Å². The van der Waals surface area contributed by atoms with Crippen LogP contribution in [-0.2, 0) is 0 Å². The molecule has 1 heterocycles. The fraction of sp³-hybridized carbons (Fsp3) is 0.500. The van der Waals surface area contributed by atoms with E-state index >= 15 is 0 Å². The molecule has 0 saturated carbocycles. The Morgan fingerprint density at radius 3 is 2.44 bits per heavy atom. The third kappa shape index (κ3) is 2.81. The molecule has 0 N–H and O–H groups in total. The van der Waals surface area contributed by atoms with Crippen molar-refractivity contribution in [3.05, 3.63) is 33.8 Å². The molecule has 2 rings (SSSR count). The largest absolute Gasteiger partial charge is 0.338 e.